The number of hydrogen-bond donors (Lipinski definition) is 1. The number of likely N-dealkylation sites (N-methyl/N-ethyl adjacent to an activating group) is 1. The van der Waals surface area contributed by atoms with E-state index >= 15 is 0 Å². The van der Waals surface area contributed by atoms with Crippen molar-refractivity contribution in [2.24, 2.45) is 11.7 Å². The van der Waals surface area contributed by atoms with E-state index in [0.717, 1.165) is 32.1 Å². The van der Waals surface area contributed by atoms with Crippen LogP contribution in [0, 0.1) is 5.92 Å². The minimum atomic E-state index is 0.121. The van der Waals surface area contributed by atoms with Gasteiger partial charge in [-0.05, 0) is 38.6 Å². The summed E-state index contributed by atoms with van der Waals surface area (Å²) in [5, 5.41) is 0. The highest BCUT2D eigenvalue weighted by atomic mass is 16.5. The molecular weight excluding hydrogens is 212 g/mol. The Kier molecular flexibility index (Phi) is 4.83. The van der Waals surface area contributed by atoms with Gasteiger partial charge < -0.3 is 10.5 Å². The molecule has 0 radical (unpaired) electrons. The molecule has 1 saturated carbocycles. The molecule has 0 aromatic carbocycles. The van der Waals surface area contributed by atoms with Crippen molar-refractivity contribution >= 4 is 0 Å². The Balaban J connectivity index is 1.89. The summed E-state index contributed by atoms with van der Waals surface area (Å²) < 4.78 is 5.66. The first kappa shape index (κ1) is 13.3. The normalized spacial score (nSPS) is 31.9. The Morgan fingerprint density at radius 2 is 2.00 bits per heavy atom. The molecule has 3 heteroatoms. The van der Waals surface area contributed by atoms with Gasteiger partial charge in [0.1, 0.15) is 0 Å². The van der Waals surface area contributed by atoms with Gasteiger partial charge >= 0.3 is 0 Å². The third kappa shape index (κ3) is 3.21. The lowest BCUT2D eigenvalue weighted by molar-refractivity contribution is -0.0407. The highest BCUT2D eigenvalue weighted by Gasteiger charge is 2.36. The van der Waals surface area contributed by atoms with Crippen LogP contribution in [0.2, 0.25) is 0 Å². The average Bonchev–Trinajstić information content (AvgIpc) is 2.40. The molecule has 1 aliphatic carbocycles. The average molecular weight is 240 g/mol. The topological polar surface area (TPSA) is 38.5 Å². The second-order valence-corrected chi connectivity index (χ2v) is 5.97. The van der Waals surface area contributed by atoms with Crippen molar-refractivity contribution in [3.8, 4) is 0 Å². The molecule has 1 aliphatic heterocycles. The molecule has 1 unspecified atom stereocenters. The van der Waals surface area contributed by atoms with Crippen LogP contribution in [0.5, 0.6) is 0 Å². The van der Waals surface area contributed by atoms with E-state index in [4.69, 9.17) is 10.5 Å². The van der Waals surface area contributed by atoms with Crippen LogP contribution in [0.3, 0.4) is 0 Å². The fourth-order valence-corrected chi connectivity index (χ4v) is 3.41. The van der Waals surface area contributed by atoms with Gasteiger partial charge in [-0.3, -0.25) is 4.90 Å². The van der Waals surface area contributed by atoms with Gasteiger partial charge in [0.15, 0.2) is 0 Å². The molecule has 2 fully saturated rings. The van der Waals surface area contributed by atoms with Crippen molar-refractivity contribution in [2.45, 2.75) is 50.5 Å². The zero-order valence-electron chi connectivity index (χ0n) is 11.3. The van der Waals surface area contributed by atoms with Crippen molar-refractivity contribution in [3.63, 3.8) is 0 Å². The molecule has 0 spiro atoms. The molecule has 2 rings (SSSR count). The summed E-state index contributed by atoms with van der Waals surface area (Å²) in [5.41, 5.74) is 6.14. The van der Waals surface area contributed by atoms with E-state index in [1.165, 1.54) is 45.1 Å². The predicted octanol–water partition coefficient (Wildman–Crippen LogP) is 2.01. The van der Waals surface area contributed by atoms with Gasteiger partial charge in [-0.1, -0.05) is 19.3 Å². The van der Waals surface area contributed by atoms with Gasteiger partial charge in [-0.15, -0.1) is 0 Å². The van der Waals surface area contributed by atoms with E-state index < -0.39 is 0 Å². The Labute approximate surface area is 106 Å². The number of hydrogen-bond acceptors (Lipinski definition) is 3. The third-order valence-corrected chi connectivity index (χ3v) is 4.75. The van der Waals surface area contributed by atoms with Gasteiger partial charge in [0.05, 0.1) is 12.1 Å². The van der Waals surface area contributed by atoms with Crippen molar-refractivity contribution in [3.05, 3.63) is 0 Å². The molecule has 17 heavy (non-hydrogen) atoms. The zero-order valence-corrected chi connectivity index (χ0v) is 11.3. The van der Waals surface area contributed by atoms with Crippen LogP contribution in [0.1, 0.15) is 44.9 Å². The van der Waals surface area contributed by atoms with Gasteiger partial charge in [-0.25, -0.2) is 0 Å². The van der Waals surface area contributed by atoms with Gasteiger partial charge in [0.2, 0.25) is 0 Å². The van der Waals surface area contributed by atoms with Crippen LogP contribution in [-0.4, -0.2) is 43.8 Å². The SMILES string of the molecule is CN(CC1CCCCC1)C1(CN)CCCOC1. The van der Waals surface area contributed by atoms with Crippen LogP contribution in [0.25, 0.3) is 0 Å². The minimum absolute atomic E-state index is 0.121. The number of nitrogens with zero attached hydrogens (tertiary/aromatic N) is 1. The molecule has 2 aliphatic rings. The summed E-state index contributed by atoms with van der Waals surface area (Å²) in [4.78, 5) is 2.50. The lowest BCUT2D eigenvalue weighted by Gasteiger charge is -2.45. The van der Waals surface area contributed by atoms with Gasteiger partial charge in [-0.2, -0.15) is 0 Å². The highest BCUT2D eigenvalue weighted by molar-refractivity contribution is 4.93. The first-order valence-electron chi connectivity index (χ1n) is 7.26. The van der Waals surface area contributed by atoms with E-state index in [2.05, 4.69) is 11.9 Å². The number of rotatable bonds is 4. The number of ether oxygens (including phenoxy) is 1. The summed E-state index contributed by atoms with van der Waals surface area (Å²) >= 11 is 0. The monoisotopic (exact) mass is 240 g/mol. The molecule has 0 amide bonds. The Morgan fingerprint density at radius 1 is 1.24 bits per heavy atom. The predicted molar refractivity (Wildman–Crippen MR) is 71.0 cm³/mol. The van der Waals surface area contributed by atoms with E-state index in [9.17, 15) is 0 Å². The van der Waals surface area contributed by atoms with Crippen LogP contribution in [0.4, 0.5) is 0 Å². The first-order valence-corrected chi connectivity index (χ1v) is 7.26. The molecule has 0 bridgehead atoms. The van der Waals surface area contributed by atoms with Crippen molar-refractivity contribution in [1.29, 1.82) is 0 Å². The summed E-state index contributed by atoms with van der Waals surface area (Å²) in [7, 11) is 2.25. The lowest BCUT2D eigenvalue weighted by Crippen LogP contribution is -2.58. The van der Waals surface area contributed by atoms with Crippen LogP contribution in [0.15, 0.2) is 0 Å². The molecular formula is C14H28N2O. The smallest absolute Gasteiger partial charge is 0.0662 e. The largest absolute Gasteiger partial charge is 0.379 e. The van der Waals surface area contributed by atoms with Crippen molar-refractivity contribution in [2.75, 3.05) is 33.4 Å². The maximum absolute atomic E-state index is 6.02. The Morgan fingerprint density at radius 3 is 2.59 bits per heavy atom. The molecule has 100 valence electrons. The standard InChI is InChI=1S/C14H28N2O/c1-16(10-13-6-3-2-4-7-13)14(11-15)8-5-9-17-12-14/h13H,2-12,15H2,1H3. The van der Waals surface area contributed by atoms with Crippen LogP contribution >= 0.6 is 0 Å². The van der Waals surface area contributed by atoms with E-state index in [0.29, 0.717) is 0 Å². The van der Waals surface area contributed by atoms with Gasteiger partial charge in [0.25, 0.3) is 0 Å². The van der Waals surface area contributed by atoms with E-state index in [1.54, 1.807) is 0 Å². The van der Waals surface area contributed by atoms with Crippen LogP contribution in [-0.2, 0) is 4.74 Å². The van der Waals surface area contributed by atoms with Gasteiger partial charge in [0, 0.05) is 19.7 Å². The third-order valence-electron chi connectivity index (χ3n) is 4.75. The Hall–Kier alpha value is -0.120. The summed E-state index contributed by atoms with van der Waals surface area (Å²) in [6.45, 7) is 3.68. The fraction of sp³-hybridized carbons (Fsp3) is 1.00. The number of nitrogens with two attached hydrogens (primary N) is 1. The maximum Gasteiger partial charge on any atom is 0.0662 e. The second-order valence-electron chi connectivity index (χ2n) is 5.97. The van der Waals surface area contributed by atoms with Crippen molar-refractivity contribution < 1.29 is 4.74 Å². The summed E-state index contributed by atoms with van der Waals surface area (Å²) in [6.07, 6.45) is 9.46. The first-order chi connectivity index (χ1) is 8.27. The summed E-state index contributed by atoms with van der Waals surface area (Å²) in [6, 6.07) is 0. The molecule has 1 saturated heterocycles. The highest BCUT2D eigenvalue weighted by Crippen LogP contribution is 2.29. The molecule has 1 heterocycles. The van der Waals surface area contributed by atoms with E-state index in [-0.39, 0.29) is 5.54 Å². The maximum atomic E-state index is 6.02. The molecule has 0 aromatic rings. The Bertz CT molecular complexity index is 220. The summed E-state index contributed by atoms with van der Waals surface area (Å²) in [5.74, 6) is 0.888. The van der Waals surface area contributed by atoms with Crippen LogP contribution < -0.4 is 5.73 Å². The second kappa shape index (κ2) is 6.17. The van der Waals surface area contributed by atoms with E-state index in [1.807, 2.05) is 0 Å². The van der Waals surface area contributed by atoms with Crippen molar-refractivity contribution in [1.82, 2.24) is 4.90 Å². The quantitative estimate of drug-likeness (QED) is 0.817. The zero-order chi connectivity index (χ0) is 12.1. The lowest BCUT2D eigenvalue weighted by atomic mass is 9.85. The molecule has 3 nitrogen and oxygen atoms in total. The molecule has 0 aromatic heterocycles. The fourth-order valence-electron chi connectivity index (χ4n) is 3.41. The molecule has 2 N–H and O–H groups in total. The molecule has 1 atom stereocenters. The minimum Gasteiger partial charge on any atom is -0.379 e.